The fourth-order valence-electron chi connectivity index (χ4n) is 3.36. The zero-order valence-corrected chi connectivity index (χ0v) is 17.4. The average molecular weight is 421 g/mol. The Morgan fingerprint density at radius 2 is 2.00 bits per heavy atom. The molecular formula is C21H26ClFN4O2. The Bertz CT molecular complexity index is 843. The van der Waals surface area contributed by atoms with Crippen LogP contribution in [0.3, 0.4) is 0 Å². The van der Waals surface area contributed by atoms with Crippen LogP contribution < -0.4 is 15.5 Å². The Labute approximate surface area is 175 Å². The molecular weight excluding hydrogens is 395 g/mol. The molecule has 0 radical (unpaired) electrons. The van der Waals surface area contributed by atoms with E-state index in [1.54, 1.807) is 12.1 Å². The Hall–Kier alpha value is -2.35. The number of hydrogen-bond acceptors (Lipinski definition) is 4. The predicted molar refractivity (Wildman–Crippen MR) is 114 cm³/mol. The molecule has 29 heavy (non-hydrogen) atoms. The van der Waals surface area contributed by atoms with Crippen molar-refractivity contribution in [3.05, 3.63) is 58.9 Å². The number of rotatable bonds is 6. The first-order chi connectivity index (χ1) is 13.9. The summed E-state index contributed by atoms with van der Waals surface area (Å²) in [7, 11) is 3.78. The first-order valence-corrected chi connectivity index (χ1v) is 9.91. The molecule has 1 aliphatic heterocycles. The summed E-state index contributed by atoms with van der Waals surface area (Å²) in [6, 6.07) is 11.4. The van der Waals surface area contributed by atoms with Crippen LogP contribution in [-0.2, 0) is 4.74 Å². The van der Waals surface area contributed by atoms with Gasteiger partial charge in [0, 0.05) is 24.7 Å². The fourth-order valence-corrected chi connectivity index (χ4v) is 3.53. The second-order valence-electron chi connectivity index (χ2n) is 7.13. The number of morpholine rings is 1. The first-order valence-electron chi connectivity index (χ1n) is 9.53. The Morgan fingerprint density at radius 3 is 2.69 bits per heavy atom. The molecule has 156 valence electrons. The van der Waals surface area contributed by atoms with Crippen LogP contribution in [0.25, 0.3) is 0 Å². The predicted octanol–water partition coefficient (Wildman–Crippen LogP) is 3.74. The highest BCUT2D eigenvalue weighted by Crippen LogP contribution is 2.30. The van der Waals surface area contributed by atoms with Crippen LogP contribution in [0.5, 0.6) is 0 Å². The van der Waals surface area contributed by atoms with Crippen molar-refractivity contribution < 1.29 is 13.9 Å². The highest BCUT2D eigenvalue weighted by atomic mass is 35.5. The molecule has 1 heterocycles. The number of ether oxygens (including phenoxy) is 1. The maximum atomic E-state index is 13.6. The first kappa shape index (κ1) is 21.4. The summed E-state index contributed by atoms with van der Waals surface area (Å²) in [5.74, 6) is -0.298. The van der Waals surface area contributed by atoms with E-state index in [1.165, 1.54) is 12.1 Å². The van der Waals surface area contributed by atoms with Crippen molar-refractivity contribution >= 4 is 29.0 Å². The van der Waals surface area contributed by atoms with Gasteiger partial charge in [-0.2, -0.15) is 0 Å². The van der Waals surface area contributed by atoms with E-state index in [-0.39, 0.29) is 17.9 Å². The normalized spacial score (nSPS) is 15.3. The summed E-state index contributed by atoms with van der Waals surface area (Å²) in [6.07, 6.45) is 0. The second kappa shape index (κ2) is 9.91. The van der Waals surface area contributed by atoms with E-state index in [1.807, 2.05) is 37.2 Å². The Balaban J connectivity index is 1.67. The van der Waals surface area contributed by atoms with Crippen molar-refractivity contribution in [2.24, 2.45) is 0 Å². The van der Waals surface area contributed by atoms with E-state index in [4.69, 9.17) is 16.3 Å². The van der Waals surface area contributed by atoms with Crippen LogP contribution >= 0.6 is 11.6 Å². The second-order valence-corrected chi connectivity index (χ2v) is 7.57. The smallest absolute Gasteiger partial charge is 0.319 e. The highest BCUT2D eigenvalue weighted by Gasteiger charge is 2.19. The number of halogens is 2. The van der Waals surface area contributed by atoms with Crippen molar-refractivity contribution in [1.82, 2.24) is 10.2 Å². The number of amides is 2. The molecule has 6 nitrogen and oxygen atoms in total. The molecule has 0 spiro atoms. The van der Waals surface area contributed by atoms with Crippen molar-refractivity contribution in [2.45, 2.75) is 6.04 Å². The van der Waals surface area contributed by atoms with E-state index in [0.717, 1.165) is 24.3 Å². The number of anilines is 2. The monoisotopic (exact) mass is 420 g/mol. The van der Waals surface area contributed by atoms with E-state index in [2.05, 4.69) is 15.5 Å². The number of urea groups is 1. The summed E-state index contributed by atoms with van der Waals surface area (Å²) < 4.78 is 19.0. The lowest BCUT2D eigenvalue weighted by molar-refractivity contribution is 0.123. The number of likely N-dealkylation sites (N-methyl/N-ethyl adjacent to an activating group) is 1. The molecule has 1 fully saturated rings. The van der Waals surface area contributed by atoms with E-state index < -0.39 is 0 Å². The lowest BCUT2D eigenvalue weighted by Gasteiger charge is -2.30. The number of carbonyl (C=O) groups excluding carboxylic acids is 1. The Kier molecular flexibility index (Phi) is 7.30. The van der Waals surface area contributed by atoms with Crippen LogP contribution in [0.15, 0.2) is 42.5 Å². The van der Waals surface area contributed by atoms with E-state index in [9.17, 15) is 9.18 Å². The minimum Gasteiger partial charge on any atom is -0.378 e. The largest absolute Gasteiger partial charge is 0.378 e. The van der Waals surface area contributed by atoms with E-state index >= 15 is 0 Å². The number of nitrogens with zero attached hydrogens (tertiary/aromatic N) is 2. The van der Waals surface area contributed by atoms with Gasteiger partial charge in [-0.1, -0.05) is 23.7 Å². The van der Waals surface area contributed by atoms with Crippen LogP contribution in [-0.4, -0.2) is 57.9 Å². The standard InChI is InChI=1S/C21H26ClFN4O2/c1-26(2)20(15-4-3-5-17(23)12-15)14-24-21(28)25-18-13-16(22)6-7-19(18)27-8-10-29-11-9-27/h3-7,12-13,20H,8-11,14H2,1-2H3,(H2,24,25,28)/t20-/m1/s1. The zero-order chi connectivity index (χ0) is 20.8. The molecule has 0 aliphatic carbocycles. The maximum Gasteiger partial charge on any atom is 0.319 e. The topological polar surface area (TPSA) is 56.8 Å². The number of hydrogen-bond donors (Lipinski definition) is 2. The number of benzene rings is 2. The number of carbonyl (C=O) groups is 1. The summed E-state index contributed by atoms with van der Waals surface area (Å²) in [4.78, 5) is 16.7. The van der Waals surface area contributed by atoms with Crippen molar-refractivity contribution in [2.75, 3.05) is 57.2 Å². The summed E-state index contributed by atoms with van der Waals surface area (Å²) >= 11 is 6.15. The highest BCUT2D eigenvalue weighted by molar-refractivity contribution is 6.31. The molecule has 1 aliphatic rings. The van der Waals surface area contributed by atoms with Gasteiger partial charge in [0.05, 0.1) is 30.6 Å². The van der Waals surface area contributed by atoms with Gasteiger partial charge in [-0.05, 0) is 50.0 Å². The molecule has 0 aromatic heterocycles. The maximum absolute atomic E-state index is 13.6. The van der Waals surface area contributed by atoms with Gasteiger partial charge in [0.15, 0.2) is 0 Å². The molecule has 2 aromatic carbocycles. The van der Waals surface area contributed by atoms with Gasteiger partial charge in [-0.15, -0.1) is 0 Å². The van der Waals surface area contributed by atoms with Crippen LogP contribution in [0.4, 0.5) is 20.6 Å². The van der Waals surface area contributed by atoms with Crippen LogP contribution in [0.2, 0.25) is 5.02 Å². The lowest BCUT2D eigenvalue weighted by Crippen LogP contribution is -2.38. The quantitative estimate of drug-likeness (QED) is 0.747. The van der Waals surface area contributed by atoms with Crippen molar-refractivity contribution in [1.29, 1.82) is 0 Å². The zero-order valence-electron chi connectivity index (χ0n) is 16.6. The van der Waals surface area contributed by atoms with Gasteiger partial charge in [-0.25, -0.2) is 9.18 Å². The molecule has 0 bridgehead atoms. The summed E-state index contributed by atoms with van der Waals surface area (Å²) in [5, 5.41) is 6.32. The molecule has 1 atom stereocenters. The lowest BCUT2D eigenvalue weighted by atomic mass is 10.1. The molecule has 2 aromatic rings. The average Bonchev–Trinajstić information content (AvgIpc) is 2.69. The molecule has 0 unspecified atom stereocenters. The summed E-state index contributed by atoms with van der Waals surface area (Å²) in [5.41, 5.74) is 2.35. The van der Waals surface area contributed by atoms with Crippen LogP contribution in [0, 0.1) is 5.82 Å². The van der Waals surface area contributed by atoms with Gasteiger partial charge >= 0.3 is 6.03 Å². The molecule has 8 heteroatoms. The number of nitrogens with one attached hydrogen (secondary N) is 2. The van der Waals surface area contributed by atoms with Gasteiger partial charge in [0.25, 0.3) is 0 Å². The Morgan fingerprint density at radius 1 is 1.24 bits per heavy atom. The van der Waals surface area contributed by atoms with Gasteiger partial charge in [0.2, 0.25) is 0 Å². The molecule has 2 N–H and O–H groups in total. The third kappa shape index (κ3) is 5.82. The minimum atomic E-state index is -0.343. The van der Waals surface area contributed by atoms with Gasteiger partial charge in [-0.3, -0.25) is 0 Å². The van der Waals surface area contributed by atoms with Gasteiger partial charge in [0.1, 0.15) is 5.82 Å². The molecule has 2 amide bonds. The SMILES string of the molecule is CN(C)[C@H](CNC(=O)Nc1cc(Cl)ccc1N1CCOCC1)c1cccc(F)c1. The molecule has 1 saturated heterocycles. The van der Waals surface area contributed by atoms with E-state index in [0.29, 0.717) is 30.5 Å². The third-order valence-corrected chi connectivity index (χ3v) is 5.11. The minimum absolute atomic E-state index is 0.158. The molecule has 0 saturated carbocycles. The van der Waals surface area contributed by atoms with Crippen molar-refractivity contribution in [3.8, 4) is 0 Å². The molecule has 3 rings (SSSR count). The van der Waals surface area contributed by atoms with Crippen LogP contribution in [0.1, 0.15) is 11.6 Å². The van der Waals surface area contributed by atoms with Gasteiger partial charge < -0.3 is 25.2 Å². The van der Waals surface area contributed by atoms with Crippen molar-refractivity contribution in [3.63, 3.8) is 0 Å². The fraction of sp³-hybridized carbons (Fsp3) is 0.381. The summed E-state index contributed by atoms with van der Waals surface area (Å²) in [6.45, 7) is 3.12. The third-order valence-electron chi connectivity index (χ3n) is 4.87.